The van der Waals surface area contributed by atoms with Crippen molar-refractivity contribution in [3.8, 4) is 11.5 Å². The second-order valence-corrected chi connectivity index (χ2v) is 6.72. The molecule has 7 heteroatoms. The zero-order valence-electron chi connectivity index (χ0n) is 14.0. The van der Waals surface area contributed by atoms with Gasteiger partial charge in [-0.3, -0.25) is 10.1 Å². The number of rotatable bonds is 6. The van der Waals surface area contributed by atoms with Crippen LogP contribution in [-0.4, -0.2) is 10.9 Å². The quantitative estimate of drug-likeness (QED) is 0.208. The van der Waals surface area contributed by atoms with Gasteiger partial charge in [-0.1, -0.05) is 24.3 Å². The molecule has 0 radical (unpaired) electrons. The number of nitro groups is 1. The number of nitro benzene ring substituents is 1. The Morgan fingerprint density at radius 3 is 2.41 bits per heavy atom. The smallest absolute Gasteiger partial charge is 0.339 e. The average molecular weight is 475 g/mol. The van der Waals surface area contributed by atoms with Crippen molar-refractivity contribution in [1.82, 2.24) is 0 Å². The minimum absolute atomic E-state index is 0.00134. The Balaban J connectivity index is 1.64. The van der Waals surface area contributed by atoms with Gasteiger partial charge in [0, 0.05) is 15.7 Å². The second-order valence-electron chi connectivity index (χ2n) is 5.56. The third-order valence-corrected chi connectivity index (χ3v) is 4.59. The highest BCUT2D eigenvalue weighted by atomic mass is 127. The number of halogens is 1. The summed E-state index contributed by atoms with van der Waals surface area (Å²) in [4.78, 5) is 22.4. The number of carbonyl (C=O) groups is 1. The highest BCUT2D eigenvalue weighted by Crippen LogP contribution is 2.25. The molecule has 0 saturated carbocycles. The molecular weight excluding hydrogens is 461 g/mol. The summed E-state index contributed by atoms with van der Waals surface area (Å²) in [7, 11) is 0. The lowest BCUT2D eigenvalue weighted by atomic mass is 10.2. The fourth-order valence-corrected chi connectivity index (χ4v) is 2.93. The van der Waals surface area contributed by atoms with Gasteiger partial charge in [-0.05, 0) is 64.6 Å². The van der Waals surface area contributed by atoms with E-state index in [0.717, 1.165) is 9.13 Å². The van der Waals surface area contributed by atoms with Crippen LogP contribution in [0.25, 0.3) is 0 Å². The molecule has 0 bridgehead atoms. The van der Waals surface area contributed by atoms with Crippen molar-refractivity contribution in [2.24, 2.45) is 0 Å². The zero-order chi connectivity index (χ0) is 19.2. The number of hydrogen-bond acceptors (Lipinski definition) is 5. The van der Waals surface area contributed by atoms with Crippen LogP contribution in [0.1, 0.15) is 15.9 Å². The van der Waals surface area contributed by atoms with Crippen molar-refractivity contribution in [3.05, 3.63) is 97.6 Å². The molecule has 27 heavy (non-hydrogen) atoms. The lowest BCUT2D eigenvalue weighted by molar-refractivity contribution is -0.384. The Kier molecular flexibility index (Phi) is 6.02. The number of hydrogen-bond donors (Lipinski definition) is 0. The molecular formula is C20H14INO5. The molecule has 0 amide bonds. The Morgan fingerprint density at radius 1 is 0.963 bits per heavy atom. The van der Waals surface area contributed by atoms with Crippen LogP contribution in [0.15, 0.2) is 72.8 Å². The SMILES string of the molecule is O=C(OCc1cccc(Oc2ccc([N+](=O)[O-])cc2)c1)c1ccccc1I. The summed E-state index contributed by atoms with van der Waals surface area (Å²) in [6.07, 6.45) is 0. The lowest BCUT2D eigenvalue weighted by Gasteiger charge is -2.09. The van der Waals surface area contributed by atoms with Gasteiger partial charge in [-0.25, -0.2) is 4.79 Å². The second kappa shape index (κ2) is 8.63. The topological polar surface area (TPSA) is 78.7 Å². The van der Waals surface area contributed by atoms with E-state index in [1.54, 1.807) is 30.3 Å². The van der Waals surface area contributed by atoms with Gasteiger partial charge in [-0.2, -0.15) is 0 Å². The molecule has 0 aliphatic rings. The van der Waals surface area contributed by atoms with Gasteiger partial charge in [0.25, 0.3) is 5.69 Å². The van der Waals surface area contributed by atoms with E-state index in [9.17, 15) is 14.9 Å². The maximum absolute atomic E-state index is 12.2. The largest absolute Gasteiger partial charge is 0.457 e. The number of ether oxygens (including phenoxy) is 2. The minimum atomic E-state index is -0.466. The fourth-order valence-electron chi connectivity index (χ4n) is 2.32. The Bertz CT molecular complexity index is 972. The Labute approximate surface area is 169 Å². The molecule has 6 nitrogen and oxygen atoms in total. The first-order valence-corrected chi connectivity index (χ1v) is 9.04. The number of benzene rings is 3. The first-order chi connectivity index (χ1) is 13.0. The van der Waals surface area contributed by atoms with Gasteiger partial charge in [0.1, 0.15) is 18.1 Å². The molecule has 3 rings (SSSR count). The molecule has 0 aliphatic heterocycles. The van der Waals surface area contributed by atoms with Gasteiger partial charge in [0.2, 0.25) is 0 Å². The number of carbonyl (C=O) groups excluding carboxylic acids is 1. The zero-order valence-corrected chi connectivity index (χ0v) is 16.2. The highest BCUT2D eigenvalue weighted by molar-refractivity contribution is 14.1. The predicted octanol–water partition coefficient (Wildman–Crippen LogP) is 5.35. The summed E-state index contributed by atoms with van der Waals surface area (Å²) in [6, 6.07) is 20.2. The van der Waals surface area contributed by atoms with Crippen LogP contribution in [0.5, 0.6) is 11.5 Å². The first-order valence-electron chi connectivity index (χ1n) is 7.96. The molecule has 0 saturated heterocycles. The van der Waals surface area contributed by atoms with E-state index < -0.39 is 4.92 Å². The van der Waals surface area contributed by atoms with Gasteiger partial charge < -0.3 is 9.47 Å². The standard InChI is InChI=1S/C20H14INO5/c21-19-7-2-1-6-18(19)20(23)26-13-14-4-3-5-17(12-14)27-16-10-8-15(9-11-16)22(24)25/h1-12H,13H2. The van der Waals surface area contributed by atoms with E-state index in [0.29, 0.717) is 17.1 Å². The van der Waals surface area contributed by atoms with Crippen molar-refractivity contribution in [2.45, 2.75) is 6.61 Å². The molecule has 0 atom stereocenters. The molecule has 0 N–H and O–H groups in total. The van der Waals surface area contributed by atoms with Crippen molar-refractivity contribution in [1.29, 1.82) is 0 Å². The Morgan fingerprint density at radius 2 is 1.70 bits per heavy atom. The monoisotopic (exact) mass is 475 g/mol. The molecule has 0 aliphatic carbocycles. The van der Waals surface area contributed by atoms with E-state index >= 15 is 0 Å². The maximum Gasteiger partial charge on any atom is 0.339 e. The van der Waals surface area contributed by atoms with Crippen LogP contribution in [0.2, 0.25) is 0 Å². The highest BCUT2D eigenvalue weighted by Gasteiger charge is 2.11. The number of esters is 1. The minimum Gasteiger partial charge on any atom is -0.457 e. The summed E-state index contributed by atoms with van der Waals surface area (Å²) >= 11 is 2.09. The van der Waals surface area contributed by atoms with Gasteiger partial charge in [-0.15, -0.1) is 0 Å². The summed E-state index contributed by atoms with van der Waals surface area (Å²) in [5, 5.41) is 10.7. The van der Waals surface area contributed by atoms with E-state index in [2.05, 4.69) is 22.6 Å². The van der Waals surface area contributed by atoms with Crippen LogP contribution < -0.4 is 4.74 Å². The Hall–Kier alpha value is -2.94. The van der Waals surface area contributed by atoms with Crippen LogP contribution in [-0.2, 0) is 11.3 Å². The van der Waals surface area contributed by atoms with Crippen molar-refractivity contribution in [2.75, 3.05) is 0 Å². The van der Waals surface area contributed by atoms with E-state index in [1.807, 2.05) is 18.2 Å². The summed E-state index contributed by atoms with van der Waals surface area (Å²) in [5.41, 5.74) is 1.30. The first kappa shape index (κ1) is 18.8. The summed E-state index contributed by atoms with van der Waals surface area (Å²) in [6.45, 7) is 0.112. The molecule has 0 spiro atoms. The summed E-state index contributed by atoms with van der Waals surface area (Å²) in [5.74, 6) is 0.641. The average Bonchev–Trinajstić information content (AvgIpc) is 2.67. The normalized spacial score (nSPS) is 10.3. The van der Waals surface area contributed by atoms with Crippen molar-refractivity contribution < 1.29 is 19.2 Å². The third kappa shape index (κ3) is 5.04. The molecule has 0 fully saturated rings. The lowest BCUT2D eigenvalue weighted by Crippen LogP contribution is -2.07. The molecule has 3 aromatic rings. The predicted molar refractivity (Wildman–Crippen MR) is 108 cm³/mol. The molecule has 0 heterocycles. The van der Waals surface area contributed by atoms with Gasteiger partial charge in [0.05, 0.1) is 10.5 Å². The van der Waals surface area contributed by atoms with Crippen molar-refractivity contribution in [3.63, 3.8) is 0 Å². The fraction of sp³-hybridized carbons (Fsp3) is 0.0500. The van der Waals surface area contributed by atoms with Crippen LogP contribution in [0.3, 0.4) is 0 Å². The molecule has 0 unspecified atom stereocenters. The van der Waals surface area contributed by atoms with Crippen LogP contribution >= 0.6 is 22.6 Å². The van der Waals surface area contributed by atoms with Crippen LogP contribution in [0.4, 0.5) is 5.69 Å². The van der Waals surface area contributed by atoms with Crippen LogP contribution in [0, 0.1) is 13.7 Å². The summed E-state index contributed by atoms with van der Waals surface area (Å²) < 4.78 is 11.9. The maximum atomic E-state index is 12.2. The molecule has 0 aromatic heterocycles. The number of non-ortho nitro benzene ring substituents is 1. The third-order valence-electron chi connectivity index (χ3n) is 3.65. The molecule has 136 valence electrons. The van der Waals surface area contributed by atoms with E-state index in [1.165, 1.54) is 24.3 Å². The number of nitrogens with zero attached hydrogens (tertiary/aromatic N) is 1. The molecule has 3 aromatic carbocycles. The van der Waals surface area contributed by atoms with Gasteiger partial charge in [0.15, 0.2) is 0 Å². The van der Waals surface area contributed by atoms with Crippen molar-refractivity contribution >= 4 is 34.2 Å². The van der Waals surface area contributed by atoms with Gasteiger partial charge >= 0.3 is 5.97 Å². The van der Waals surface area contributed by atoms with E-state index in [-0.39, 0.29) is 18.3 Å². The van der Waals surface area contributed by atoms with E-state index in [4.69, 9.17) is 9.47 Å².